The Morgan fingerprint density at radius 3 is 2.65 bits per heavy atom. The minimum Gasteiger partial charge on any atom is -0.495 e. The molecule has 110 valence electrons. The van der Waals surface area contributed by atoms with Gasteiger partial charge in [-0.25, -0.2) is 13.1 Å². The molecule has 0 radical (unpaired) electrons. The van der Waals surface area contributed by atoms with E-state index in [1.807, 2.05) is 0 Å². The third-order valence-electron chi connectivity index (χ3n) is 3.32. The predicted molar refractivity (Wildman–Crippen MR) is 72.5 cm³/mol. The lowest BCUT2D eigenvalue weighted by Gasteiger charge is -2.13. The quantitative estimate of drug-likeness (QED) is 0.828. The summed E-state index contributed by atoms with van der Waals surface area (Å²) < 4.78 is 31.7. The molecule has 1 aromatic carbocycles. The lowest BCUT2D eigenvalue weighted by atomic mass is 10.1. The molecular weight excluding hydrogens is 306 g/mol. The van der Waals surface area contributed by atoms with Crippen molar-refractivity contribution < 1.29 is 23.1 Å². The van der Waals surface area contributed by atoms with Gasteiger partial charge in [0.15, 0.2) is 0 Å². The van der Waals surface area contributed by atoms with Gasteiger partial charge in [-0.1, -0.05) is 11.6 Å². The van der Waals surface area contributed by atoms with Gasteiger partial charge in [0, 0.05) is 17.6 Å². The van der Waals surface area contributed by atoms with Gasteiger partial charge in [-0.3, -0.25) is 4.79 Å². The van der Waals surface area contributed by atoms with Crippen molar-refractivity contribution in [1.82, 2.24) is 4.72 Å². The first-order valence-corrected chi connectivity index (χ1v) is 7.73. The van der Waals surface area contributed by atoms with Gasteiger partial charge >= 0.3 is 5.97 Å². The molecule has 0 amide bonds. The minimum atomic E-state index is -3.84. The molecule has 0 unspecified atom stereocenters. The van der Waals surface area contributed by atoms with Crippen LogP contribution in [0.4, 0.5) is 0 Å². The van der Waals surface area contributed by atoms with Crippen LogP contribution in [-0.4, -0.2) is 33.1 Å². The summed E-state index contributed by atoms with van der Waals surface area (Å²) in [6.45, 7) is -0.129. The highest BCUT2D eigenvalue weighted by Gasteiger charge is 2.50. The molecule has 0 heterocycles. The number of carbonyl (C=O) groups is 1. The van der Waals surface area contributed by atoms with Gasteiger partial charge in [0.05, 0.1) is 12.5 Å². The number of carboxylic acid groups (broad SMARTS) is 1. The van der Waals surface area contributed by atoms with Crippen LogP contribution in [0.25, 0.3) is 0 Å². The number of hydrogen-bond acceptors (Lipinski definition) is 4. The number of benzene rings is 1. The highest BCUT2D eigenvalue weighted by molar-refractivity contribution is 7.89. The lowest BCUT2D eigenvalue weighted by molar-refractivity contribution is -0.143. The van der Waals surface area contributed by atoms with Crippen LogP contribution in [0.1, 0.15) is 12.8 Å². The van der Waals surface area contributed by atoms with E-state index in [2.05, 4.69) is 4.72 Å². The molecule has 2 rings (SSSR count). The summed E-state index contributed by atoms with van der Waals surface area (Å²) in [6, 6.07) is 4.15. The summed E-state index contributed by atoms with van der Waals surface area (Å²) in [7, 11) is -2.51. The van der Waals surface area contributed by atoms with Crippen LogP contribution < -0.4 is 9.46 Å². The maximum atomic E-state index is 12.2. The Kier molecular flexibility index (Phi) is 3.95. The number of carboxylic acids is 1. The van der Waals surface area contributed by atoms with E-state index >= 15 is 0 Å². The van der Waals surface area contributed by atoms with Crippen molar-refractivity contribution in [1.29, 1.82) is 0 Å². The number of sulfonamides is 1. The first-order valence-electron chi connectivity index (χ1n) is 5.87. The van der Waals surface area contributed by atoms with Crippen LogP contribution in [0.5, 0.6) is 5.75 Å². The molecule has 0 saturated heterocycles. The Hall–Kier alpha value is -1.31. The zero-order valence-corrected chi connectivity index (χ0v) is 12.3. The second-order valence-electron chi connectivity index (χ2n) is 4.71. The van der Waals surface area contributed by atoms with Crippen molar-refractivity contribution >= 4 is 27.6 Å². The molecular formula is C12H14ClNO5S. The van der Waals surface area contributed by atoms with Crippen molar-refractivity contribution in [2.24, 2.45) is 5.41 Å². The minimum absolute atomic E-state index is 0.0643. The molecule has 0 atom stereocenters. The van der Waals surface area contributed by atoms with E-state index in [1.54, 1.807) is 0 Å². The molecule has 1 aliphatic rings. The second-order valence-corrected chi connectivity index (χ2v) is 6.88. The van der Waals surface area contributed by atoms with Crippen molar-refractivity contribution in [3.63, 3.8) is 0 Å². The summed E-state index contributed by atoms with van der Waals surface area (Å²) in [5, 5.41) is 9.38. The number of ether oxygens (including phenoxy) is 1. The number of rotatable bonds is 6. The number of halogens is 1. The molecule has 0 spiro atoms. The Morgan fingerprint density at radius 1 is 1.50 bits per heavy atom. The molecule has 0 aromatic heterocycles. The van der Waals surface area contributed by atoms with Crippen LogP contribution in [0.15, 0.2) is 23.1 Å². The van der Waals surface area contributed by atoms with Gasteiger partial charge in [0.2, 0.25) is 10.0 Å². The largest absolute Gasteiger partial charge is 0.495 e. The summed E-state index contributed by atoms with van der Waals surface area (Å²) in [4.78, 5) is 11.0. The summed E-state index contributed by atoms with van der Waals surface area (Å²) in [5.74, 6) is -0.867. The maximum absolute atomic E-state index is 12.2. The summed E-state index contributed by atoms with van der Waals surface area (Å²) in [5.41, 5.74) is -0.966. The van der Waals surface area contributed by atoms with Gasteiger partial charge in [0.1, 0.15) is 10.6 Å². The van der Waals surface area contributed by atoms with E-state index in [4.69, 9.17) is 21.4 Å². The van der Waals surface area contributed by atoms with Crippen molar-refractivity contribution in [3.05, 3.63) is 23.2 Å². The average molecular weight is 320 g/mol. The second kappa shape index (κ2) is 5.23. The highest BCUT2D eigenvalue weighted by Crippen LogP contribution is 2.45. The summed E-state index contributed by atoms with van der Waals surface area (Å²) in [6.07, 6.45) is 0.950. The lowest BCUT2D eigenvalue weighted by Crippen LogP contribution is -2.34. The Balaban J connectivity index is 2.21. The molecule has 1 aliphatic carbocycles. The van der Waals surface area contributed by atoms with E-state index in [1.165, 1.54) is 25.3 Å². The van der Waals surface area contributed by atoms with Crippen LogP contribution in [0, 0.1) is 5.41 Å². The fraction of sp³-hybridized carbons (Fsp3) is 0.417. The smallest absolute Gasteiger partial charge is 0.310 e. The van der Waals surface area contributed by atoms with Crippen LogP contribution in [0.3, 0.4) is 0 Å². The fourth-order valence-corrected chi connectivity index (χ4v) is 3.23. The van der Waals surface area contributed by atoms with Gasteiger partial charge in [-0.05, 0) is 25.0 Å². The molecule has 0 bridgehead atoms. The fourth-order valence-electron chi connectivity index (χ4n) is 1.79. The predicted octanol–water partition coefficient (Wildman–Crippen LogP) is 1.49. The van der Waals surface area contributed by atoms with Crippen molar-refractivity contribution in [3.8, 4) is 5.75 Å². The zero-order valence-electron chi connectivity index (χ0n) is 10.7. The molecule has 1 fully saturated rings. The van der Waals surface area contributed by atoms with Crippen molar-refractivity contribution in [2.45, 2.75) is 17.7 Å². The van der Waals surface area contributed by atoms with E-state index in [-0.39, 0.29) is 17.2 Å². The van der Waals surface area contributed by atoms with Gasteiger partial charge < -0.3 is 9.84 Å². The van der Waals surface area contributed by atoms with E-state index < -0.39 is 21.4 Å². The maximum Gasteiger partial charge on any atom is 0.310 e. The Morgan fingerprint density at radius 2 is 2.15 bits per heavy atom. The third kappa shape index (κ3) is 2.89. The summed E-state index contributed by atoms with van der Waals surface area (Å²) >= 11 is 5.77. The normalized spacial score (nSPS) is 16.7. The Bertz CT molecular complexity index is 639. The van der Waals surface area contributed by atoms with Crippen molar-refractivity contribution in [2.75, 3.05) is 13.7 Å². The first-order chi connectivity index (χ1) is 9.31. The molecule has 20 heavy (non-hydrogen) atoms. The molecule has 6 nitrogen and oxygen atoms in total. The Labute approximate surface area is 121 Å². The zero-order chi connectivity index (χ0) is 15.0. The first kappa shape index (κ1) is 15.1. The third-order valence-corrected chi connectivity index (χ3v) is 5.00. The molecule has 1 saturated carbocycles. The number of methoxy groups -OCH3 is 1. The SMILES string of the molecule is COc1cc(Cl)ccc1S(=O)(=O)NCC1(C(=O)O)CC1. The molecule has 1 aromatic rings. The standard InChI is InChI=1S/C12H14ClNO5S/c1-19-9-6-8(13)2-3-10(9)20(17,18)14-7-12(4-5-12)11(15)16/h2-3,6,14H,4-5,7H2,1H3,(H,15,16). The van der Waals surface area contributed by atoms with E-state index in [0.29, 0.717) is 17.9 Å². The number of hydrogen-bond donors (Lipinski definition) is 2. The van der Waals surface area contributed by atoms with E-state index in [0.717, 1.165) is 0 Å². The number of aliphatic carboxylic acids is 1. The van der Waals surface area contributed by atoms with Crippen LogP contribution >= 0.6 is 11.6 Å². The van der Waals surface area contributed by atoms with Crippen LogP contribution in [-0.2, 0) is 14.8 Å². The van der Waals surface area contributed by atoms with E-state index in [9.17, 15) is 13.2 Å². The number of nitrogens with one attached hydrogen (secondary N) is 1. The van der Waals surface area contributed by atoms with Gasteiger partial charge in [0.25, 0.3) is 0 Å². The van der Waals surface area contributed by atoms with Crippen LogP contribution in [0.2, 0.25) is 5.02 Å². The highest BCUT2D eigenvalue weighted by atomic mass is 35.5. The topological polar surface area (TPSA) is 92.7 Å². The average Bonchev–Trinajstić information content (AvgIpc) is 3.17. The van der Waals surface area contributed by atoms with Gasteiger partial charge in [-0.2, -0.15) is 0 Å². The molecule has 2 N–H and O–H groups in total. The molecule has 8 heteroatoms. The monoisotopic (exact) mass is 319 g/mol. The molecule has 0 aliphatic heterocycles. The van der Waals surface area contributed by atoms with Gasteiger partial charge in [-0.15, -0.1) is 0 Å².